The monoisotopic (exact) mass is 263 g/mol. The predicted octanol–water partition coefficient (Wildman–Crippen LogP) is 1.05. The van der Waals surface area contributed by atoms with Crippen molar-refractivity contribution in [3.8, 4) is 0 Å². The van der Waals surface area contributed by atoms with Crippen LogP contribution in [0.2, 0.25) is 0 Å². The van der Waals surface area contributed by atoms with Gasteiger partial charge in [-0.1, -0.05) is 6.07 Å². The summed E-state index contributed by atoms with van der Waals surface area (Å²) in [4.78, 5) is 17.4. The van der Waals surface area contributed by atoms with Crippen LogP contribution in [0.5, 0.6) is 0 Å². The maximum absolute atomic E-state index is 13.2. The van der Waals surface area contributed by atoms with Gasteiger partial charge in [-0.25, -0.2) is 14.1 Å². The zero-order valence-electron chi connectivity index (χ0n) is 10.5. The summed E-state index contributed by atoms with van der Waals surface area (Å²) in [7, 11) is 0. The van der Waals surface area contributed by atoms with Crippen LogP contribution in [0.4, 0.5) is 16.0 Å². The molecule has 0 radical (unpaired) electrons. The number of amides is 1. The largest absolute Gasteiger partial charge is 0.367 e. The van der Waals surface area contributed by atoms with Crippen molar-refractivity contribution in [2.75, 3.05) is 17.2 Å². The minimum absolute atomic E-state index is 0.00849. The Kier molecular flexibility index (Phi) is 3.74. The van der Waals surface area contributed by atoms with Crippen LogP contribution in [-0.4, -0.2) is 27.2 Å². The molecular formula is C12H14FN5O. The molecular weight excluding hydrogens is 249 g/mol. The van der Waals surface area contributed by atoms with E-state index >= 15 is 0 Å². The molecule has 100 valence electrons. The van der Waals surface area contributed by atoms with Gasteiger partial charge in [0, 0.05) is 12.2 Å². The number of hydrogen-bond acceptors (Lipinski definition) is 4. The molecule has 0 aliphatic rings. The summed E-state index contributed by atoms with van der Waals surface area (Å²) in [6, 6.07) is 5.89. The van der Waals surface area contributed by atoms with Gasteiger partial charge < -0.3 is 10.6 Å². The predicted molar refractivity (Wildman–Crippen MR) is 68.9 cm³/mol. The average Bonchev–Trinajstić information content (AvgIpc) is 2.75. The number of nitrogen functional groups attached to an aromatic ring is 1. The van der Waals surface area contributed by atoms with E-state index in [2.05, 4.69) is 10.1 Å². The number of halogens is 1. The number of likely N-dealkylation sites (N-methyl/N-ethyl adjacent to an activating group) is 1. The normalized spacial score (nSPS) is 10.4. The molecule has 0 unspecified atom stereocenters. The molecule has 0 saturated heterocycles. The lowest BCUT2D eigenvalue weighted by molar-refractivity contribution is -0.119. The fraction of sp³-hybridized carbons (Fsp3) is 0.250. The van der Waals surface area contributed by atoms with E-state index in [1.165, 1.54) is 28.0 Å². The first kappa shape index (κ1) is 13.0. The zero-order valence-corrected chi connectivity index (χ0v) is 10.5. The topological polar surface area (TPSA) is 77.0 Å². The van der Waals surface area contributed by atoms with Crippen molar-refractivity contribution in [3.63, 3.8) is 0 Å². The number of anilines is 2. The third-order valence-corrected chi connectivity index (χ3v) is 2.59. The molecule has 0 aliphatic heterocycles. The van der Waals surface area contributed by atoms with E-state index in [9.17, 15) is 9.18 Å². The van der Waals surface area contributed by atoms with Gasteiger partial charge in [0.05, 0.1) is 0 Å². The molecule has 1 aromatic heterocycles. The Balaban J connectivity index is 2.15. The fourth-order valence-corrected chi connectivity index (χ4v) is 1.76. The van der Waals surface area contributed by atoms with Gasteiger partial charge in [0.2, 0.25) is 11.9 Å². The Morgan fingerprint density at radius 1 is 1.53 bits per heavy atom. The number of rotatable bonds is 4. The highest BCUT2D eigenvalue weighted by Crippen LogP contribution is 2.15. The number of carbonyl (C=O) groups excluding carboxylic acids is 1. The van der Waals surface area contributed by atoms with E-state index in [0.29, 0.717) is 12.2 Å². The lowest BCUT2D eigenvalue weighted by atomic mass is 10.2. The second kappa shape index (κ2) is 5.47. The molecule has 1 amide bonds. The van der Waals surface area contributed by atoms with Gasteiger partial charge in [-0.3, -0.25) is 4.79 Å². The number of nitrogens with two attached hydrogens (primary N) is 1. The second-order valence-electron chi connectivity index (χ2n) is 3.92. The van der Waals surface area contributed by atoms with Crippen LogP contribution in [0.3, 0.4) is 0 Å². The average molecular weight is 263 g/mol. The minimum atomic E-state index is -0.381. The molecule has 0 atom stereocenters. The number of nitrogens with zero attached hydrogens (tertiary/aromatic N) is 4. The second-order valence-corrected chi connectivity index (χ2v) is 3.92. The van der Waals surface area contributed by atoms with E-state index in [1.807, 2.05) is 6.92 Å². The Labute approximate surface area is 109 Å². The van der Waals surface area contributed by atoms with Gasteiger partial charge in [0.1, 0.15) is 18.7 Å². The van der Waals surface area contributed by atoms with Crippen LogP contribution >= 0.6 is 0 Å². The SMILES string of the molecule is CCN(C(=O)Cn1cnc(N)n1)c1cccc(F)c1. The number of hydrogen-bond donors (Lipinski definition) is 1. The maximum atomic E-state index is 13.2. The minimum Gasteiger partial charge on any atom is -0.367 e. The molecule has 6 nitrogen and oxygen atoms in total. The van der Waals surface area contributed by atoms with E-state index in [1.54, 1.807) is 12.1 Å². The number of benzene rings is 1. The van der Waals surface area contributed by atoms with Crippen molar-refractivity contribution in [3.05, 3.63) is 36.4 Å². The molecule has 1 aromatic carbocycles. The molecule has 0 saturated carbocycles. The van der Waals surface area contributed by atoms with Gasteiger partial charge in [-0.2, -0.15) is 0 Å². The highest BCUT2D eigenvalue weighted by molar-refractivity contribution is 5.93. The summed E-state index contributed by atoms with van der Waals surface area (Å²) in [5, 5.41) is 3.84. The Hall–Kier alpha value is -2.44. The smallest absolute Gasteiger partial charge is 0.248 e. The van der Waals surface area contributed by atoms with Crippen LogP contribution in [0.15, 0.2) is 30.6 Å². The first-order valence-electron chi connectivity index (χ1n) is 5.81. The summed E-state index contributed by atoms with van der Waals surface area (Å²) in [6.45, 7) is 2.26. The Morgan fingerprint density at radius 2 is 2.32 bits per heavy atom. The molecule has 0 fully saturated rings. The fourth-order valence-electron chi connectivity index (χ4n) is 1.76. The molecule has 2 rings (SSSR count). The Morgan fingerprint density at radius 3 is 2.89 bits per heavy atom. The first-order chi connectivity index (χ1) is 9.10. The van der Waals surface area contributed by atoms with Gasteiger partial charge in [-0.15, -0.1) is 5.10 Å². The summed E-state index contributed by atoms with van der Waals surface area (Å²) < 4.78 is 14.5. The summed E-state index contributed by atoms with van der Waals surface area (Å²) in [6.07, 6.45) is 1.38. The molecule has 2 N–H and O–H groups in total. The van der Waals surface area contributed by atoms with Crippen LogP contribution in [0, 0.1) is 5.82 Å². The molecule has 0 bridgehead atoms. The van der Waals surface area contributed by atoms with Crippen LogP contribution < -0.4 is 10.6 Å². The number of carbonyl (C=O) groups is 1. The Bertz CT molecular complexity index is 583. The zero-order chi connectivity index (χ0) is 13.8. The van der Waals surface area contributed by atoms with E-state index in [0.717, 1.165) is 0 Å². The van der Waals surface area contributed by atoms with E-state index in [4.69, 9.17) is 5.73 Å². The van der Waals surface area contributed by atoms with Crippen molar-refractivity contribution in [1.29, 1.82) is 0 Å². The first-order valence-corrected chi connectivity index (χ1v) is 5.81. The highest BCUT2D eigenvalue weighted by Gasteiger charge is 2.15. The van der Waals surface area contributed by atoms with E-state index < -0.39 is 0 Å². The van der Waals surface area contributed by atoms with Crippen molar-refractivity contribution in [2.24, 2.45) is 0 Å². The van der Waals surface area contributed by atoms with Crippen molar-refractivity contribution in [1.82, 2.24) is 14.8 Å². The molecule has 0 aliphatic carbocycles. The molecule has 2 aromatic rings. The van der Waals surface area contributed by atoms with Crippen molar-refractivity contribution >= 4 is 17.5 Å². The van der Waals surface area contributed by atoms with Crippen molar-refractivity contribution < 1.29 is 9.18 Å². The van der Waals surface area contributed by atoms with Gasteiger partial charge in [-0.05, 0) is 25.1 Å². The van der Waals surface area contributed by atoms with Gasteiger partial charge in [0.25, 0.3) is 0 Å². The van der Waals surface area contributed by atoms with Crippen LogP contribution in [0.1, 0.15) is 6.92 Å². The van der Waals surface area contributed by atoms with Crippen molar-refractivity contribution in [2.45, 2.75) is 13.5 Å². The third kappa shape index (κ3) is 3.06. The number of aromatic nitrogens is 3. The highest BCUT2D eigenvalue weighted by atomic mass is 19.1. The molecule has 19 heavy (non-hydrogen) atoms. The molecule has 1 heterocycles. The molecule has 7 heteroatoms. The molecule has 0 spiro atoms. The van der Waals surface area contributed by atoms with Crippen LogP contribution in [-0.2, 0) is 11.3 Å². The summed E-state index contributed by atoms with van der Waals surface area (Å²) in [5.41, 5.74) is 5.89. The lowest BCUT2D eigenvalue weighted by Crippen LogP contribution is -2.33. The quantitative estimate of drug-likeness (QED) is 0.894. The maximum Gasteiger partial charge on any atom is 0.248 e. The van der Waals surface area contributed by atoms with E-state index in [-0.39, 0.29) is 24.2 Å². The lowest BCUT2D eigenvalue weighted by Gasteiger charge is -2.20. The van der Waals surface area contributed by atoms with Crippen LogP contribution in [0.25, 0.3) is 0 Å². The summed E-state index contributed by atoms with van der Waals surface area (Å²) >= 11 is 0. The standard InChI is InChI=1S/C12H14FN5O/c1-2-18(10-5-3-4-9(13)6-10)11(19)7-17-8-15-12(14)16-17/h3-6,8H,2,7H2,1H3,(H2,14,16). The summed E-state index contributed by atoms with van der Waals surface area (Å²) in [5.74, 6) is -0.478. The van der Waals surface area contributed by atoms with Gasteiger partial charge >= 0.3 is 0 Å². The third-order valence-electron chi connectivity index (χ3n) is 2.59. The van der Waals surface area contributed by atoms with Gasteiger partial charge in [0.15, 0.2) is 0 Å².